The number of thioether (sulfide) groups is 1. The lowest BCUT2D eigenvalue weighted by atomic mass is 10.2. The van der Waals surface area contributed by atoms with Crippen LogP contribution >= 0.6 is 23.1 Å². The van der Waals surface area contributed by atoms with Gasteiger partial charge in [0.15, 0.2) is 0 Å². The maximum Gasteiger partial charge on any atom is 0.0345 e. The zero-order chi connectivity index (χ0) is 8.39. The lowest BCUT2D eigenvalue weighted by Gasteiger charge is -1.93. The fourth-order valence-electron chi connectivity index (χ4n) is 1.30. The topological polar surface area (TPSA) is 0 Å². The molecule has 2 heteroatoms. The average molecular weight is 194 g/mol. The van der Waals surface area contributed by atoms with Crippen molar-refractivity contribution in [1.82, 2.24) is 0 Å². The maximum atomic E-state index is 2.27. The van der Waals surface area contributed by atoms with Crippen LogP contribution in [-0.2, 0) is 5.75 Å². The molecule has 0 radical (unpaired) electrons. The van der Waals surface area contributed by atoms with Gasteiger partial charge in [0.25, 0.3) is 0 Å². The number of thiophene rings is 1. The monoisotopic (exact) mass is 194 g/mol. The summed E-state index contributed by atoms with van der Waals surface area (Å²) >= 11 is 3.72. The normalized spacial score (nSPS) is 10.8. The van der Waals surface area contributed by atoms with Gasteiger partial charge in [-0.2, -0.15) is 11.8 Å². The molecular weight excluding hydrogens is 184 g/mol. The minimum atomic E-state index is 1.13. The first-order valence-corrected chi connectivity index (χ1v) is 6.13. The van der Waals surface area contributed by atoms with Crippen LogP contribution in [0.5, 0.6) is 0 Å². The Morgan fingerprint density at radius 2 is 2.17 bits per heavy atom. The molecule has 0 aliphatic heterocycles. The third-order valence-electron chi connectivity index (χ3n) is 1.86. The fourth-order valence-corrected chi connectivity index (χ4v) is 2.92. The summed E-state index contributed by atoms with van der Waals surface area (Å²) in [4.78, 5) is 0. The summed E-state index contributed by atoms with van der Waals surface area (Å²) in [5, 5.41) is 3.69. The van der Waals surface area contributed by atoms with E-state index in [1.807, 2.05) is 23.1 Å². The molecule has 2 aromatic rings. The smallest absolute Gasteiger partial charge is 0.0345 e. The number of hydrogen-bond donors (Lipinski definition) is 0. The van der Waals surface area contributed by atoms with Gasteiger partial charge in [-0.15, -0.1) is 11.3 Å². The number of rotatable bonds is 2. The molecule has 0 bridgehead atoms. The van der Waals surface area contributed by atoms with Gasteiger partial charge in [0.1, 0.15) is 0 Å². The third-order valence-corrected chi connectivity index (χ3v) is 3.47. The molecule has 0 aliphatic carbocycles. The van der Waals surface area contributed by atoms with Gasteiger partial charge < -0.3 is 0 Å². The van der Waals surface area contributed by atoms with E-state index in [-0.39, 0.29) is 0 Å². The van der Waals surface area contributed by atoms with Crippen LogP contribution in [-0.4, -0.2) is 6.26 Å². The molecule has 2 rings (SSSR count). The first-order valence-electron chi connectivity index (χ1n) is 3.86. The Labute approximate surface area is 80.6 Å². The molecule has 0 unspecified atom stereocenters. The standard InChI is InChI=1S/C10H10S2/c1-11-6-8-7-12-10-5-3-2-4-9(8)10/h2-5,7H,6H2,1H3. The van der Waals surface area contributed by atoms with Crippen molar-refractivity contribution in [2.24, 2.45) is 0 Å². The van der Waals surface area contributed by atoms with Gasteiger partial charge in [-0.1, -0.05) is 18.2 Å². The van der Waals surface area contributed by atoms with E-state index in [2.05, 4.69) is 35.9 Å². The van der Waals surface area contributed by atoms with Crippen LogP contribution in [0.25, 0.3) is 10.1 Å². The van der Waals surface area contributed by atoms with Crippen molar-refractivity contribution in [3.8, 4) is 0 Å². The zero-order valence-electron chi connectivity index (χ0n) is 6.91. The molecule has 1 heterocycles. The fraction of sp³-hybridized carbons (Fsp3) is 0.200. The summed E-state index contributed by atoms with van der Waals surface area (Å²) in [7, 11) is 0. The molecule has 1 aromatic carbocycles. The van der Waals surface area contributed by atoms with Gasteiger partial charge in [-0.3, -0.25) is 0 Å². The van der Waals surface area contributed by atoms with Crippen molar-refractivity contribution in [3.05, 3.63) is 35.2 Å². The molecule has 0 saturated carbocycles. The Kier molecular flexibility index (Phi) is 2.38. The highest BCUT2D eigenvalue weighted by atomic mass is 32.2. The molecule has 12 heavy (non-hydrogen) atoms. The number of hydrogen-bond acceptors (Lipinski definition) is 2. The highest BCUT2D eigenvalue weighted by Crippen LogP contribution is 2.27. The minimum Gasteiger partial charge on any atom is -0.161 e. The van der Waals surface area contributed by atoms with Crippen molar-refractivity contribution in [2.45, 2.75) is 5.75 Å². The Morgan fingerprint density at radius 1 is 1.33 bits per heavy atom. The molecule has 0 aliphatic rings. The molecule has 0 fully saturated rings. The quantitative estimate of drug-likeness (QED) is 0.701. The molecule has 0 N–H and O–H groups in total. The molecule has 0 nitrogen and oxygen atoms in total. The van der Waals surface area contributed by atoms with E-state index in [1.54, 1.807) is 0 Å². The predicted molar refractivity (Wildman–Crippen MR) is 59.0 cm³/mol. The van der Waals surface area contributed by atoms with Crippen LogP contribution < -0.4 is 0 Å². The van der Waals surface area contributed by atoms with Crippen LogP contribution in [0.15, 0.2) is 29.6 Å². The van der Waals surface area contributed by atoms with Gasteiger partial charge in [-0.05, 0) is 28.7 Å². The molecule has 0 saturated heterocycles. The van der Waals surface area contributed by atoms with E-state index in [1.165, 1.54) is 15.6 Å². The van der Waals surface area contributed by atoms with Crippen molar-refractivity contribution < 1.29 is 0 Å². The van der Waals surface area contributed by atoms with E-state index in [0.29, 0.717) is 0 Å². The Bertz CT molecular complexity index is 376. The summed E-state index contributed by atoms with van der Waals surface area (Å²) in [6.45, 7) is 0. The maximum absolute atomic E-state index is 2.27. The SMILES string of the molecule is CSCc1csc2ccccc12. The van der Waals surface area contributed by atoms with Gasteiger partial charge in [0, 0.05) is 10.5 Å². The van der Waals surface area contributed by atoms with Gasteiger partial charge in [0.05, 0.1) is 0 Å². The van der Waals surface area contributed by atoms with Crippen LogP contribution in [0.1, 0.15) is 5.56 Å². The van der Waals surface area contributed by atoms with E-state index in [9.17, 15) is 0 Å². The van der Waals surface area contributed by atoms with E-state index >= 15 is 0 Å². The molecule has 0 spiro atoms. The Balaban J connectivity index is 2.55. The summed E-state index contributed by atoms with van der Waals surface area (Å²) in [6, 6.07) is 8.60. The second-order valence-electron chi connectivity index (χ2n) is 2.69. The van der Waals surface area contributed by atoms with Gasteiger partial charge in [-0.25, -0.2) is 0 Å². The summed E-state index contributed by atoms with van der Waals surface area (Å²) in [5.74, 6) is 1.13. The van der Waals surface area contributed by atoms with E-state index < -0.39 is 0 Å². The molecular formula is C10H10S2. The van der Waals surface area contributed by atoms with Crippen molar-refractivity contribution in [1.29, 1.82) is 0 Å². The van der Waals surface area contributed by atoms with Crippen LogP contribution in [0, 0.1) is 0 Å². The lowest BCUT2D eigenvalue weighted by molar-refractivity contribution is 1.52. The van der Waals surface area contributed by atoms with Crippen molar-refractivity contribution >= 4 is 33.2 Å². The third kappa shape index (κ3) is 1.37. The first-order chi connectivity index (χ1) is 5.92. The second-order valence-corrected chi connectivity index (χ2v) is 4.47. The Hall–Kier alpha value is -0.470. The van der Waals surface area contributed by atoms with E-state index in [0.717, 1.165) is 5.75 Å². The van der Waals surface area contributed by atoms with Crippen molar-refractivity contribution in [2.75, 3.05) is 6.26 Å². The second kappa shape index (κ2) is 3.50. The van der Waals surface area contributed by atoms with Crippen molar-refractivity contribution in [3.63, 3.8) is 0 Å². The molecule has 62 valence electrons. The van der Waals surface area contributed by atoms with E-state index in [4.69, 9.17) is 0 Å². The number of benzene rings is 1. The average Bonchev–Trinajstić information content (AvgIpc) is 2.50. The largest absolute Gasteiger partial charge is 0.161 e. The molecule has 0 atom stereocenters. The Morgan fingerprint density at radius 3 is 3.00 bits per heavy atom. The molecule has 0 amide bonds. The highest BCUT2D eigenvalue weighted by molar-refractivity contribution is 7.97. The van der Waals surface area contributed by atoms with Gasteiger partial charge in [0.2, 0.25) is 0 Å². The molecule has 1 aromatic heterocycles. The predicted octanol–water partition coefficient (Wildman–Crippen LogP) is 3.76. The zero-order valence-corrected chi connectivity index (χ0v) is 8.54. The lowest BCUT2D eigenvalue weighted by Crippen LogP contribution is -1.74. The summed E-state index contributed by atoms with van der Waals surface area (Å²) in [5.41, 5.74) is 1.48. The van der Waals surface area contributed by atoms with Crippen LogP contribution in [0.3, 0.4) is 0 Å². The van der Waals surface area contributed by atoms with Crippen LogP contribution in [0.4, 0.5) is 0 Å². The van der Waals surface area contributed by atoms with Crippen LogP contribution in [0.2, 0.25) is 0 Å². The summed E-state index contributed by atoms with van der Waals surface area (Å²) in [6.07, 6.45) is 2.15. The number of fused-ring (bicyclic) bond motifs is 1. The summed E-state index contributed by atoms with van der Waals surface area (Å²) < 4.78 is 1.40. The van der Waals surface area contributed by atoms with Gasteiger partial charge >= 0.3 is 0 Å². The minimum absolute atomic E-state index is 1.13. The highest BCUT2D eigenvalue weighted by Gasteiger charge is 2.00. The first kappa shape index (κ1) is 8.14.